The van der Waals surface area contributed by atoms with Gasteiger partial charge in [0.05, 0.1) is 11.1 Å². The van der Waals surface area contributed by atoms with Gasteiger partial charge >= 0.3 is 0 Å². The first-order valence-electron chi connectivity index (χ1n) is 13.8. The van der Waals surface area contributed by atoms with Crippen LogP contribution in [0.2, 0.25) is 5.02 Å². The Hall–Kier alpha value is -5.14. The quantitative estimate of drug-likeness (QED) is 0.167. The summed E-state index contributed by atoms with van der Waals surface area (Å²) in [5, 5.41) is 10.2. The standard InChI is InChI=1S/C35H27ClN4O3/c1-21-33(23(3)42)29-19-31(28(22(2)41)18-30(29)40(21)27-16-14-26(36)15-17-27)43-20-32-37-34(24-10-6-4-7-11-24)35(39-38-32)25-12-8-5-9-13-25/h4-19H,20H2,1-3H3. The summed E-state index contributed by atoms with van der Waals surface area (Å²) in [6, 6.07) is 30.4. The van der Waals surface area contributed by atoms with Crippen LogP contribution in [0, 0.1) is 6.92 Å². The Balaban J connectivity index is 1.43. The Morgan fingerprint density at radius 3 is 2.02 bits per heavy atom. The normalized spacial score (nSPS) is 11.1. The van der Waals surface area contributed by atoms with Gasteiger partial charge in [0.1, 0.15) is 23.7 Å². The van der Waals surface area contributed by atoms with Gasteiger partial charge in [0.2, 0.25) is 0 Å². The molecule has 0 N–H and O–H groups in total. The molecule has 0 unspecified atom stereocenters. The van der Waals surface area contributed by atoms with Crippen molar-refractivity contribution in [3.05, 3.63) is 125 Å². The Bertz CT molecular complexity index is 1990. The van der Waals surface area contributed by atoms with Crippen LogP contribution in [0.1, 0.15) is 46.1 Å². The second-order valence-electron chi connectivity index (χ2n) is 10.2. The van der Waals surface area contributed by atoms with Gasteiger partial charge in [-0.25, -0.2) is 4.98 Å². The summed E-state index contributed by atoms with van der Waals surface area (Å²) in [5.41, 5.74) is 6.38. The van der Waals surface area contributed by atoms with E-state index in [2.05, 4.69) is 10.2 Å². The topological polar surface area (TPSA) is 87.0 Å². The first kappa shape index (κ1) is 28.0. The molecule has 0 fully saturated rings. The van der Waals surface area contributed by atoms with Gasteiger partial charge < -0.3 is 9.30 Å². The highest BCUT2D eigenvalue weighted by Gasteiger charge is 2.23. The number of hydrogen-bond acceptors (Lipinski definition) is 6. The fourth-order valence-corrected chi connectivity index (χ4v) is 5.48. The molecule has 8 heteroatoms. The lowest BCUT2D eigenvalue weighted by atomic mass is 10.0. The molecule has 4 aromatic carbocycles. The van der Waals surface area contributed by atoms with E-state index in [0.29, 0.717) is 44.5 Å². The maximum Gasteiger partial charge on any atom is 0.189 e. The molecule has 0 atom stereocenters. The average molecular weight is 587 g/mol. The smallest absolute Gasteiger partial charge is 0.189 e. The van der Waals surface area contributed by atoms with Crippen molar-refractivity contribution < 1.29 is 14.3 Å². The van der Waals surface area contributed by atoms with E-state index in [4.69, 9.17) is 21.3 Å². The highest BCUT2D eigenvalue weighted by Crippen LogP contribution is 2.36. The maximum absolute atomic E-state index is 12.9. The molecule has 0 aliphatic heterocycles. The van der Waals surface area contributed by atoms with Crippen LogP contribution >= 0.6 is 11.6 Å². The van der Waals surface area contributed by atoms with Gasteiger partial charge in [0, 0.05) is 38.5 Å². The number of carbonyl (C=O) groups excluding carboxylic acids is 2. The second kappa shape index (κ2) is 11.6. The summed E-state index contributed by atoms with van der Waals surface area (Å²) in [4.78, 5) is 30.5. The van der Waals surface area contributed by atoms with E-state index < -0.39 is 0 Å². The number of carbonyl (C=O) groups is 2. The average Bonchev–Trinajstić information content (AvgIpc) is 3.31. The van der Waals surface area contributed by atoms with Crippen LogP contribution < -0.4 is 4.74 Å². The molecule has 0 amide bonds. The lowest BCUT2D eigenvalue weighted by molar-refractivity contribution is 0.100. The number of hydrogen-bond donors (Lipinski definition) is 0. The molecule has 7 nitrogen and oxygen atoms in total. The zero-order valence-electron chi connectivity index (χ0n) is 23.8. The van der Waals surface area contributed by atoms with Crippen LogP contribution in [-0.4, -0.2) is 31.3 Å². The third kappa shape index (κ3) is 5.43. The minimum absolute atomic E-state index is 0.0278. The molecule has 0 aliphatic carbocycles. The Morgan fingerprint density at radius 1 is 0.791 bits per heavy atom. The number of ketones is 2. The summed E-state index contributed by atoms with van der Waals surface area (Å²) in [6.07, 6.45) is 0. The molecule has 0 radical (unpaired) electrons. The molecular formula is C35H27ClN4O3. The van der Waals surface area contributed by atoms with Crippen molar-refractivity contribution in [2.24, 2.45) is 0 Å². The number of nitrogens with zero attached hydrogens (tertiary/aromatic N) is 4. The fraction of sp³-hybridized carbons (Fsp3) is 0.114. The van der Waals surface area contributed by atoms with Gasteiger partial charge in [-0.1, -0.05) is 72.3 Å². The van der Waals surface area contributed by atoms with Crippen LogP contribution in [0.4, 0.5) is 0 Å². The lowest BCUT2D eigenvalue weighted by Crippen LogP contribution is -2.08. The predicted octanol–water partition coefficient (Wildman–Crippen LogP) is 8.10. The number of halogens is 1. The molecule has 0 aliphatic rings. The zero-order valence-corrected chi connectivity index (χ0v) is 24.6. The molecule has 6 aromatic rings. The van der Waals surface area contributed by atoms with E-state index >= 15 is 0 Å². The van der Waals surface area contributed by atoms with E-state index in [-0.39, 0.29) is 18.2 Å². The molecular weight excluding hydrogens is 560 g/mol. The van der Waals surface area contributed by atoms with Gasteiger partial charge in [-0.15, -0.1) is 10.2 Å². The van der Waals surface area contributed by atoms with Gasteiger partial charge in [-0.2, -0.15) is 0 Å². The van der Waals surface area contributed by atoms with Crippen LogP contribution in [0.3, 0.4) is 0 Å². The highest BCUT2D eigenvalue weighted by molar-refractivity contribution is 6.30. The van der Waals surface area contributed by atoms with Crippen molar-refractivity contribution >= 4 is 34.1 Å². The summed E-state index contributed by atoms with van der Waals surface area (Å²) < 4.78 is 8.17. The van der Waals surface area contributed by atoms with Gasteiger partial charge in [-0.05, 0) is 57.2 Å². The number of aromatic nitrogens is 4. The van der Waals surface area contributed by atoms with Crippen LogP contribution in [-0.2, 0) is 6.61 Å². The van der Waals surface area contributed by atoms with E-state index in [1.165, 1.54) is 13.8 Å². The second-order valence-corrected chi connectivity index (χ2v) is 10.6. The zero-order chi connectivity index (χ0) is 30.1. The third-order valence-corrected chi connectivity index (χ3v) is 7.56. The Labute approximate surface area is 253 Å². The summed E-state index contributed by atoms with van der Waals surface area (Å²) in [6.45, 7) is 4.88. The summed E-state index contributed by atoms with van der Waals surface area (Å²) in [5.74, 6) is 0.432. The molecule has 0 saturated carbocycles. The Morgan fingerprint density at radius 2 is 1.42 bits per heavy atom. The van der Waals surface area contributed by atoms with Crippen molar-refractivity contribution in [2.75, 3.05) is 0 Å². The number of Topliss-reactive ketones (excluding diaryl/α,β-unsaturated/α-hetero) is 2. The van der Waals surface area contributed by atoms with Crippen LogP contribution in [0.25, 0.3) is 39.1 Å². The number of fused-ring (bicyclic) bond motifs is 1. The largest absolute Gasteiger partial charge is 0.485 e. The van der Waals surface area contributed by atoms with Gasteiger partial charge in [0.15, 0.2) is 17.4 Å². The molecule has 212 valence electrons. The first-order valence-corrected chi connectivity index (χ1v) is 14.1. The van der Waals surface area contributed by atoms with Crippen molar-refractivity contribution in [3.8, 4) is 34.0 Å². The van der Waals surface area contributed by atoms with Crippen LogP contribution in [0.15, 0.2) is 97.1 Å². The molecule has 2 aromatic heterocycles. The van der Waals surface area contributed by atoms with Gasteiger partial charge in [-0.3, -0.25) is 9.59 Å². The molecule has 43 heavy (non-hydrogen) atoms. The first-order chi connectivity index (χ1) is 20.8. The maximum atomic E-state index is 12.9. The SMILES string of the molecule is CC(=O)c1cc2c(cc1OCc1nnc(-c3ccccc3)c(-c3ccccc3)n1)c(C(C)=O)c(C)n2-c1ccc(Cl)cc1. The minimum Gasteiger partial charge on any atom is -0.485 e. The van der Waals surface area contributed by atoms with E-state index in [1.54, 1.807) is 24.3 Å². The van der Waals surface area contributed by atoms with E-state index in [9.17, 15) is 9.59 Å². The number of rotatable bonds is 8. The van der Waals surface area contributed by atoms with E-state index in [0.717, 1.165) is 28.0 Å². The predicted molar refractivity (Wildman–Crippen MR) is 168 cm³/mol. The molecule has 0 spiro atoms. The summed E-state index contributed by atoms with van der Waals surface area (Å²) in [7, 11) is 0. The lowest BCUT2D eigenvalue weighted by Gasteiger charge is -2.13. The molecule has 2 heterocycles. The fourth-order valence-electron chi connectivity index (χ4n) is 5.35. The van der Waals surface area contributed by atoms with Crippen molar-refractivity contribution in [1.29, 1.82) is 0 Å². The molecule has 0 saturated heterocycles. The van der Waals surface area contributed by atoms with Crippen LogP contribution in [0.5, 0.6) is 5.75 Å². The van der Waals surface area contributed by atoms with E-state index in [1.807, 2.05) is 84.3 Å². The summed E-state index contributed by atoms with van der Waals surface area (Å²) >= 11 is 6.13. The van der Waals surface area contributed by atoms with Gasteiger partial charge in [0.25, 0.3) is 0 Å². The third-order valence-electron chi connectivity index (χ3n) is 7.30. The van der Waals surface area contributed by atoms with Crippen molar-refractivity contribution in [3.63, 3.8) is 0 Å². The van der Waals surface area contributed by atoms with Crippen molar-refractivity contribution in [2.45, 2.75) is 27.4 Å². The number of ether oxygens (including phenoxy) is 1. The highest BCUT2D eigenvalue weighted by atomic mass is 35.5. The minimum atomic E-state index is -0.175. The Kier molecular flexibility index (Phi) is 7.57. The molecule has 0 bridgehead atoms. The number of benzene rings is 4. The molecule has 6 rings (SSSR count). The van der Waals surface area contributed by atoms with Crippen molar-refractivity contribution in [1.82, 2.24) is 19.7 Å². The monoisotopic (exact) mass is 586 g/mol.